The van der Waals surface area contributed by atoms with Crippen molar-refractivity contribution in [1.29, 1.82) is 0 Å². The maximum absolute atomic E-state index is 5.73. The number of anilines is 1. The van der Waals surface area contributed by atoms with Crippen LogP contribution in [0.2, 0.25) is 0 Å². The lowest BCUT2D eigenvalue weighted by molar-refractivity contribution is 0.336. The van der Waals surface area contributed by atoms with Crippen molar-refractivity contribution in [2.45, 2.75) is 26.9 Å². The number of guanidine groups is 1. The van der Waals surface area contributed by atoms with Crippen molar-refractivity contribution < 1.29 is 4.74 Å². The summed E-state index contributed by atoms with van der Waals surface area (Å²) >= 11 is 0. The summed E-state index contributed by atoms with van der Waals surface area (Å²) in [6.45, 7) is 5.95. The Balaban J connectivity index is 0.00000364. The lowest BCUT2D eigenvalue weighted by Crippen LogP contribution is -2.36. The molecule has 0 aliphatic carbocycles. The largest absolute Gasteiger partial charge is 0.494 e. The molecule has 1 aromatic heterocycles. The van der Waals surface area contributed by atoms with Gasteiger partial charge in [0.05, 0.1) is 18.8 Å². The number of benzene rings is 1. The van der Waals surface area contributed by atoms with E-state index in [1.54, 1.807) is 7.05 Å². The summed E-state index contributed by atoms with van der Waals surface area (Å²) in [5, 5.41) is 6.63. The molecule has 0 saturated carbocycles. The SMILES string of the molecule is CCOc1cc(C)ccc1CNC(=NC)NCc1cccc(N(C)C)n1.I. The first-order chi connectivity index (χ1) is 12.5. The summed E-state index contributed by atoms with van der Waals surface area (Å²) in [5.74, 6) is 2.58. The Morgan fingerprint density at radius 3 is 2.56 bits per heavy atom. The smallest absolute Gasteiger partial charge is 0.191 e. The maximum Gasteiger partial charge on any atom is 0.191 e. The fraction of sp³-hybridized carbons (Fsp3) is 0.400. The van der Waals surface area contributed by atoms with Crippen LogP contribution < -0.4 is 20.3 Å². The van der Waals surface area contributed by atoms with Crippen LogP contribution in [0.3, 0.4) is 0 Å². The van der Waals surface area contributed by atoms with Gasteiger partial charge in [-0.3, -0.25) is 4.99 Å². The van der Waals surface area contributed by atoms with Gasteiger partial charge in [-0.1, -0.05) is 18.2 Å². The van der Waals surface area contributed by atoms with Crippen molar-refractivity contribution in [3.05, 3.63) is 53.2 Å². The molecule has 0 fully saturated rings. The molecule has 27 heavy (non-hydrogen) atoms. The van der Waals surface area contributed by atoms with E-state index in [9.17, 15) is 0 Å². The lowest BCUT2D eigenvalue weighted by Gasteiger charge is -2.16. The van der Waals surface area contributed by atoms with E-state index in [-0.39, 0.29) is 24.0 Å². The molecule has 0 bridgehead atoms. The molecular weight excluding hydrogens is 453 g/mol. The van der Waals surface area contributed by atoms with Crippen molar-refractivity contribution in [2.75, 3.05) is 32.6 Å². The number of aliphatic imine (C=N–C) groups is 1. The van der Waals surface area contributed by atoms with E-state index < -0.39 is 0 Å². The number of ether oxygens (including phenoxy) is 1. The first kappa shape index (κ1) is 23.0. The van der Waals surface area contributed by atoms with Gasteiger partial charge >= 0.3 is 0 Å². The molecule has 6 nitrogen and oxygen atoms in total. The molecule has 1 heterocycles. The van der Waals surface area contributed by atoms with Crippen molar-refractivity contribution >= 4 is 35.8 Å². The van der Waals surface area contributed by atoms with E-state index in [1.807, 2.05) is 44.1 Å². The highest BCUT2D eigenvalue weighted by molar-refractivity contribution is 14.0. The first-order valence-corrected chi connectivity index (χ1v) is 8.83. The van der Waals surface area contributed by atoms with Crippen LogP contribution in [0.1, 0.15) is 23.7 Å². The minimum Gasteiger partial charge on any atom is -0.494 e. The Hall–Kier alpha value is -2.03. The molecule has 0 saturated heterocycles. The predicted molar refractivity (Wildman–Crippen MR) is 123 cm³/mol. The highest BCUT2D eigenvalue weighted by Crippen LogP contribution is 2.20. The van der Waals surface area contributed by atoms with E-state index in [2.05, 4.69) is 45.7 Å². The van der Waals surface area contributed by atoms with Crippen LogP contribution in [0, 0.1) is 6.92 Å². The average molecular weight is 483 g/mol. The van der Waals surface area contributed by atoms with Crippen LogP contribution in [-0.4, -0.2) is 38.7 Å². The number of aromatic nitrogens is 1. The van der Waals surface area contributed by atoms with Crippen LogP contribution in [0.15, 0.2) is 41.4 Å². The predicted octanol–water partition coefficient (Wildman–Crippen LogP) is 3.34. The van der Waals surface area contributed by atoms with E-state index in [1.165, 1.54) is 5.56 Å². The van der Waals surface area contributed by atoms with Gasteiger partial charge in [0, 0.05) is 33.3 Å². The summed E-state index contributed by atoms with van der Waals surface area (Å²) in [6.07, 6.45) is 0. The Morgan fingerprint density at radius 2 is 1.89 bits per heavy atom. The normalized spacial score (nSPS) is 10.8. The van der Waals surface area contributed by atoms with Crippen molar-refractivity contribution in [3.63, 3.8) is 0 Å². The number of rotatable bonds is 7. The number of nitrogens with one attached hydrogen (secondary N) is 2. The molecule has 2 N–H and O–H groups in total. The van der Waals surface area contributed by atoms with Gasteiger partial charge in [-0.2, -0.15) is 0 Å². The zero-order chi connectivity index (χ0) is 18.9. The highest BCUT2D eigenvalue weighted by atomic mass is 127. The second-order valence-corrected chi connectivity index (χ2v) is 6.21. The molecule has 1 aromatic carbocycles. The molecule has 0 radical (unpaired) electrons. The molecule has 0 unspecified atom stereocenters. The van der Waals surface area contributed by atoms with Gasteiger partial charge in [0.15, 0.2) is 5.96 Å². The third kappa shape index (κ3) is 7.24. The quantitative estimate of drug-likeness (QED) is 0.360. The van der Waals surface area contributed by atoms with Gasteiger partial charge in [-0.05, 0) is 37.6 Å². The summed E-state index contributed by atoms with van der Waals surface area (Å²) < 4.78 is 5.73. The summed E-state index contributed by atoms with van der Waals surface area (Å²) in [5.41, 5.74) is 3.25. The van der Waals surface area contributed by atoms with Gasteiger partial charge in [-0.25, -0.2) is 4.98 Å². The minimum atomic E-state index is 0. The maximum atomic E-state index is 5.73. The molecule has 7 heteroatoms. The van der Waals surface area contributed by atoms with E-state index >= 15 is 0 Å². The molecule has 0 aliphatic heterocycles. The fourth-order valence-electron chi connectivity index (χ4n) is 2.49. The number of hydrogen-bond donors (Lipinski definition) is 2. The zero-order valence-electron chi connectivity index (χ0n) is 16.7. The van der Waals surface area contributed by atoms with Gasteiger partial charge in [0.1, 0.15) is 11.6 Å². The van der Waals surface area contributed by atoms with E-state index in [0.717, 1.165) is 28.8 Å². The van der Waals surface area contributed by atoms with E-state index in [0.29, 0.717) is 19.7 Å². The third-order valence-corrected chi connectivity index (χ3v) is 3.88. The van der Waals surface area contributed by atoms with Crippen molar-refractivity contribution in [2.24, 2.45) is 4.99 Å². The molecule has 2 aromatic rings. The second kappa shape index (κ2) is 11.6. The molecule has 0 spiro atoms. The Labute approximate surface area is 179 Å². The summed E-state index contributed by atoms with van der Waals surface area (Å²) in [7, 11) is 5.73. The van der Waals surface area contributed by atoms with E-state index in [4.69, 9.17) is 4.74 Å². The highest BCUT2D eigenvalue weighted by Gasteiger charge is 2.06. The van der Waals surface area contributed by atoms with Crippen LogP contribution in [0.4, 0.5) is 5.82 Å². The van der Waals surface area contributed by atoms with Gasteiger partial charge in [0.2, 0.25) is 0 Å². The minimum absolute atomic E-state index is 0. The third-order valence-electron chi connectivity index (χ3n) is 3.88. The average Bonchev–Trinajstić information content (AvgIpc) is 2.63. The Morgan fingerprint density at radius 1 is 1.15 bits per heavy atom. The van der Waals surface area contributed by atoms with Gasteiger partial charge in [-0.15, -0.1) is 24.0 Å². The first-order valence-electron chi connectivity index (χ1n) is 8.83. The zero-order valence-corrected chi connectivity index (χ0v) is 19.1. The summed E-state index contributed by atoms with van der Waals surface area (Å²) in [6, 6.07) is 12.2. The molecular formula is C20H30IN5O. The molecule has 148 valence electrons. The molecule has 0 aliphatic rings. The Kier molecular flexibility index (Phi) is 9.92. The fourth-order valence-corrected chi connectivity index (χ4v) is 2.49. The van der Waals surface area contributed by atoms with Crippen molar-refractivity contribution in [3.8, 4) is 5.75 Å². The number of halogens is 1. The number of aryl methyl sites for hydroxylation is 1. The number of nitrogens with zero attached hydrogens (tertiary/aromatic N) is 3. The topological polar surface area (TPSA) is 61.8 Å². The van der Waals surface area contributed by atoms with Crippen LogP contribution in [-0.2, 0) is 13.1 Å². The number of hydrogen-bond acceptors (Lipinski definition) is 4. The molecule has 0 atom stereocenters. The van der Waals surface area contributed by atoms with Crippen LogP contribution in [0.5, 0.6) is 5.75 Å². The summed E-state index contributed by atoms with van der Waals surface area (Å²) in [4.78, 5) is 10.9. The van der Waals surface area contributed by atoms with Crippen molar-refractivity contribution in [1.82, 2.24) is 15.6 Å². The molecule has 2 rings (SSSR count). The van der Waals surface area contributed by atoms with Crippen LogP contribution >= 0.6 is 24.0 Å². The Bertz CT molecular complexity index is 749. The number of pyridine rings is 1. The van der Waals surface area contributed by atoms with Gasteiger partial charge in [0.25, 0.3) is 0 Å². The molecule has 0 amide bonds. The van der Waals surface area contributed by atoms with Crippen LogP contribution in [0.25, 0.3) is 0 Å². The van der Waals surface area contributed by atoms with Gasteiger partial charge < -0.3 is 20.3 Å². The lowest BCUT2D eigenvalue weighted by atomic mass is 10.1. The second-order valence-electron chi connectivity index (χ2n) is 6.21. The standard InChI is InChI=1S/C20H29N5O.HI/c1-6-26-18-12-15(2)10-11-16(18)13-22-20(21-3)23-14-17-8-7-9-19(24-17)25(4)5;/h7-12H,6,13-14H2,1-5H3,(H2,21,22,23);1H. The monoisotopic (exact) mass is 483 g/mol.